The van der Waals surface area contributed by atoms with Crippen LogP contribution in [0.25, 0.3) is 0 Å². The van der Waals surface area contributed by atoms with Crippen LogP contribution in [-0.4, -0.2) is 42.5 Å². The molecule has 1 fully saturated rings. The fourth-order valence-electron chi connectivity index (χ4n) is 1.32. The first-order valence-electron chi connectivity index (χ1n) is 4.28. The van der Waals surface area contributed by atoms with Crippen molar-refractivity contribution in [2.45, 2.75) is 19.8 Å². The highest BCUT2D eigenvalue weighted by atomic mass is 16.1. The molecule has 0 spiro atoms. The van der Waals surface area contributed by atoms with Crippen molar-refractivity contribution in [1.29, 1.82) is 0 Å². The number of hydrogen-bond acceptors (Lipinski definition) is 2. The molecule has 0 aromatic carbocycles. The van der Waals surface area contributed by atoms with Crippen LogP contribution in [0.5, 0.6) is 0 Å². The van der Waals surface area contributed by atoms with Gasteiger partial charge in [-0.25, -0.2) is 0 Å². The van der Waals surface area contributed by atoms with Crippen LogP contribution in [0.4, 0.5) is 0 Å². The van der Waals surface area contributed by atoms with E-state index in [9.17, 15) is 4.79 Å². The number of rotatable bonds is 4. The van der Waals surface area contributed by atoms with Gasteiger partial charge in [0.2, 0.25) is 6.41 Å². The van der Waals surface area contributed by atoms with E-state index >= 15 is 0 Å². The van der Waals surface area contributed by atoms with Gasteiger partial charge in [0.15, 0.2) is 0 Å². The molecule has 0 atom stereocenters. The van der Waals surface area contributed by atoms with Crippen LogP contribution in [0.3, 0.4) is 0 Å². The van der Waals surface area contributed by atoms with Gasteiger partial charge in [-0.3, -0.25) is 9.69 Å². The second-order valence-corrected chi connectivity index (χ2v) is 3.03. The van der Waals surface area contributed by atoms with Gasteiger partial charge in [-0.05, 0) is 13.0 Å². The lowest BCUT2D eigenvalue weighted by Crippen LogP contribution is -2.25. The SMILES string of the molecule is CCCCN1CCN(C=O)C1. The monoisotopic (exact) mass is 156 g/mol. The molecule has 3 nitrogen and oxygen atoms in total. The Labute approximate surface area is 68.0 Å². The van der Waals surface area contributed by atoms with Crippen molar-refractivity contribution in [1.82, 2.24) is 9.80 Å². The summed E-state index contributed by atoms with van der Waals surface area (Å²) < 4.78 is 0. The molecule has 1 saturated heterocycles. The third-order valence-electron chi connectivity index (χ3n) is 2.06. The Kier molecular flexibility index (Phi) is 3.36. The van der Waals surface area contributed by atoms with Crippen LogP contribution in [0.2, 0.25) is 0 Å². The van der Waals surface area contributed by atoms with Crippen LogP contribution in [-0.2, 0) is 4.79 Å². The first-order chi connectivity index (χ1) is 5.36. The molecule has 1 rings (SSSR count). The summed E-state index contributed by atoms with van der Waals surface area (Å²) in [5.74, 6) is 0. The number of carbonyl (C=O) groups excluding carboxylic acids is 1. The van der Waals surface area contributed by atoms with Crippen molar-refractivity contribution in [2.75, 3.05) is 26.3 Å². The van der Waals surface area contributed by atoms with Crippen molar-refractivity contribution in [3.63, 3.8) is 0 Å². The lowest BCUT2D eigenvalue weighted by molar-refractivity contribution is -0.117. The van der Waals surface area contributed by atoms with Crippen molar-refractivity contribution in [2.24, 2.45) is 0 Å². The van der Waals surface area contributed by atoms with E-state index in [-0.39, 0.29) is 0 Å². The van der Waals surface area contributed by atoms with E-state index in [0.717, 1.165) is 32.7 Å². The fraction of sp³-hybridized carbons (Fsp3) is 0.875. The Hall–Kier alpha value is -0.570. The Morgan fingerprint density at radius 3 is 2.82 bits per heavy atom. The molecule has 0 saturated carbocycles. The average Bonchev–Trinajstić information content (AvgIpc) is 2.48. The molecule has 0 aliphatic carbocycles. The topological polar surface area (TPSA) is 23.6 Å². The first kappa shape index (κ1) is 8.53. The number of unbranched alkanes of at least 4 members (excludes halogenated alkanes) is 1. The molecule has 64 valence electrons. The molecule has 0 N–H and O–H groups in total. The van der Waals surface area contributed by atoms with Gasteiger partial charge in [0, 0.05) is 13.1 Å². The van der Waals surface area contributed by atoms with E-state index < -0.39 is 0 Å². The molecule has 11 heavy (non-hydrogen) atoms. The minimum Gasteiger partial charge on any atom is -0.331 e. The number of nitrogens with zero attached hydrogens (tertiary/aromatic N) is 2. The van der Waals surface area contributed by atoms with Crippen LogP contribution in [0.1, 0.15) is 19.8 Å². The zero-order valence-corrected chi connectivity index (χ0v) is 7.12. The van der Waals surface area contributed by atoms with Gasteiger partial charge >= 0.3 is 0 Å². The summed E-state index contributed by atoms with van der Waals surface area (Å²) in [5.41, 5.74) is 0. The van der Waals surface area contributed by atoms with Gasteiger partial charge in [0.25, 0.3) is 0 Å². The van der Waals surface area contributed by atoms with Crippen LogP contribution >= 0.6 is 0 Å². The highest BCUT2D eigenvalue weighted by molar-refractivity contribution is 5.47. The maximum absolute atomic E-state index is 10.3. The Morgan fingerprint density at radius 2 is 2.27 bits per heavy atom. The second-order valence-electron chi connectivity index (χ2n) is 3.03. The van der Waals surface area contributed by atoms with E-state index in [2.05, 4.69) is 11.8 Å². The van der Waals surface area contributed by atoms with Gasteiger partial charge in [-0.15, -0.1) is 0 Å². The zero-order chi connectivity index (χ0) is 8.10. The van der Waals surface area contributed by atoms with Crippen LogP contribution in [0.15, 0.2) is 0 Å². The highest BCUT2D eigenvalue weighted by Crippen LogP contribution is 2.03. The van der Waals surface area contributed by atoms with Gasteiger partial charge in [-0.2, -0.15) is 0 Å². The third kappa shape index (κ3) is 2.50. The fourth-order valence-corrected chi connectivity index (χ4v) is 1.32. The quantitative estimate of drug-likeness (QED) is 0.554. The summed E-state index contributed by atoms with van der Waals surface area (Å²) in [6.45, 7) is 6.13. The number of hydrogen-bond donors (Lipinski definition) is 0. The molecule has 0 bridgehead atoms. The minimum absolute atomic E-state index is 0.837. The average molecular weight is 156 g/mol. The van der Waals surface area contributed by atoms with Crippen LogP contribution in [0, 0.1) is 0 Å². The molecule has 0 aromatic heterocycles. The Balaban J connectivity index is 2.14. The van der Waals surface area contributed by atoms with Gasteiger partial charge in [0.05, 0.1) is 6.67 Å². The molecule has 1 aliphatic rings. The van der Waals surface area contributed by atoms with Crippen molar-refractivity contribution in [3.05, 3.63) is 0 Å². The lowest BCUT2D eigenvalue weighted by atomic mass is 10.3. The summed E-state index contributed by atoms with van der Waals surface area (Å²) in [6, 6.07) is 0. The first-order valence-corrected chi connectivity index (χ1v) is 4.28. The van der Waals surface area contributed by atoms with Gasteiger partial charge in [-0.1, -0.05) is 13.3 Å². The second kappa shape index (κ2) is 4.34. The summed E-state index contributed by atoms with van der Waals surface area (Å²) in [5, 5.41) is 0. The van der Waals surface area contributed by atoms with Crippen molar-refractivity contribution in [3.8, 4) is 0 Å². The summed E-state index contributed by atoms with van der Waals surface area (Å²) in [6.07, 6.45) is 3.41. The normalized spacial score (nSPS) is 19.2. The summed E-state index contributed by atoms with van der Waals surface area (Å²) in [4.78, 5) is 14.5. The number of amides is 1. The highest BCUT2D eigenvalue weighted by Gasteiger charge is 2.16. The predicted molar refractivity (Wildman–Crippen MR) is 44.1 cm³/mol. The summed E-state index contributed by atoms with van der Waals surface area (Å²) >= 11 is 0. The van der Waals surface area contributed by atoms with Crippen molar-refractivity contribution < 1.29 is 4.79 Å². The molecular weight excluding hydrogens is 140 g/mol. The Bertz CT molecular complexity index is 127. The molecule has 0 aromatic rings. The van der Waals surface area contributed by atoms with E-state index in [1.807, 2.05) is 4.90 Å². The van der Waals surface area contributed by atoms with Crippen molar-refractivity contribution >= 4 is 6.41 Å². The molecular formula is C8H16N2O. The largest absolute Gasteiger partial charge is 0.331 e. The van der Waals surface area contributed by atoms with E-state index in [4.69, 9.17) is 0 Å². The predicted octanol–water partition coefficient (Wildman–Crippen LogP) is 0.518. The molecule has 1 amide bonds. The molecule has 0 unspecified atom stereocenters. The van der Waals surface area contributed by atoms with Gasteiger partial charge in [0.1, 0.15) is 0 Å². The maximum atomic E-state index is 10.3. The number of carbonyl (C=O) groups is 1. The maximum Gasteiger partial charge on any atom is 0.210 e. The molecule has 1 aliphatic heterocycles. The lowest BCUT2D eigenvalue weighted by Gasteiger charge is -2.13. The molecule has 0 radical (unpaired) electrons. The Morgan fingerprint density at radius 1 is 1.45 bits per heavy atom. The summed E-state index contributed by atoms with van der Waals surface area (Å²) in [7, 11) is 0. The smallest absolute Gasteiger partial charge is 0.210 e. The minimum atomic E-state index is 0.837. The third-order valence-corrected chi connectivity index (χ3v) is 2.06. The van der Waals surface area contributed by atoms with E-state index in [1.165, 1.54) is 12.8 Å². The van der Waals surface area contributed by atoms with E-state index in [0.29, 0.717) is 0 Å². The van der Waals surface area contributed by atoms with Crippen LogP contribution < -0.4 is 0 Å². The van der Waals surface area contributed by atoms with Gasteiger partial charge < -0.3 is 4.90 Å². The molecule has 3 heteroatoms. The zero-order valence-electron chi connectivity index (χ0n) is 7.12. The van der Waals surface area contributed by atoms with E-state index in [1.54, 1.807) is 0 Å². The standard InChI is InChI=1S/C8H16N2O/c1-2-3-4-9-5-6-10(7-9)8-11/h8H,2-7H2,1H3. The molecule has 1 heterocycles.